The van der Waals surface area contributed by atoms with E-state index in [1.54, 1.807) is 36.0 Å². The fraction of sp³-hybridized carbons (Fsp3) is 0.300. The zero-order chi connectivity index (χ0) is 23.2. The molecule has 31 heavy (non-hydrogen) atoms. The van der Waals surface area contributed by atoms with Gasteiger partial charge in [0.2, 0.25) is 0 Å². The summed E-state index contributed by atoms with van der Waals surface area (Å²) in [6.07, 6.45) is -1.61. The molecule has 164 valence electrons. The molecule has 0 bridgehead atoms. The largest absolute Gasteiger partial charge is 0.433 e. The van der Waals surface area contributed by atoms with Gasteiger partial charge in [-0.15, -0.1) is 0 Å². The first-order valence-electron chi connectivity index (χ1n) is 8.94. The number of aromatic nitrogens is 3. The molecular weight excluding hydrogens is 421 g/mol. The highest BCUT2D eigenvalue weighted by molar-refractivity contribution is 5.83. The number of carbonyl (C=O) groups excluding carboxylic acids is 1. The van der Waals surface area contributed by atoms with Crippen molar-refractivity contribution in [3.8, 4) is 6.07 Å². The minimum absolute atomic E-state index is 0.261. The van der Waals surface area contributed by atoms with Crippen molar-refractivity contribution in [1.29, 1.82) is 5.26 Å². The molecular formula is C20H18F5N5O. The van der Waals surface area contributed by atoms with Crippen LogP contribution in [0.25, 0.3) is 10.9 Å². The van der Waals surface area contributed by atoms with Gasteiger partial charge in [0.05, 0.1) is 29.9 Å². The molecule has 0 saturated carbocycles. The Kier molecular flexibility index (Phi) is 7.28. The number of pyridine rings is 1. The molecule has 1 amide bonds. The van der Waals surface area contributed by atoms with Crippen LogP contribution in [-0.4, -0.2) is 32.6 Å². The van der Waals surface area contributed by atoms with Crippen LogP contribution in [0.3, 0.4) is 0 Å². The van der Waals surface area contributed by atoms with E-state index < -0.39 is 29.7 Å². The summed E-state index contributed by atoms with van der Waals surface area (Å²) in [5.74, 6) is -4.71. The summed E-state index contributed by atoms with van der Waals surface area (Å²) in [6.45, 7) is 2.44. The predicted molar refractivity (Wildman–Crippen MR) is 102 cm³/mol. The van der Waals surface area contributed by atoms with Gasteiger partial charge in [-0.25, -0.2) is 0 Å². The molecule has 2 aromatic heterocycles. The quantitative estimate of drug-likeness (QED) is 0.619. The highest BCUT2D eigenvalue weighted by atomic mass is 19.4. The Balaban J connectivity index is 0.000000285. The Bertz CT molecular complexity index is 1070. The summed E-state index contributed by atoms with van der Waals surface area (Å²) >= 11 is 0. The van der Waals surface area contributed by atoms with E-state index in [0.717, 1.165) is 23.2 Å². The monoisotopic (exact) mass is 439 g/mol. The van der Waals surface area contributed by atoms with Crippen LogP contribution in [0.5, 0.6) is 0 Å². The third-order valence-electron chi connectivity index (χ3n) is 3.95. The second-order valence-electron chi connectivity index (χ2n) is 6.69. The maximum absolute atomic E-state index is 12.8. The normalized spacial score (nSPS) is 12.5. The van der Waals surface area contributed by atoms with Crippen molar-refractivity contribution in [3.63, 3.8) is 0 Å². The number of hydrogen-bond donors (Lipinski definition) is 1. The number of nitriles is 1. The number of rotatable bonds is 4. The minimum Gasteiger partial charge on any atom is -0.347 e. The van der Waals surface area contributed by atoms with Gasteiger partial charge in [-0.1, -0.05) is 6.07 Å². The molecule has 11 heteroatoms. The molecule has 0 fully saturated rings. The molecule has 0 aliphatic heterocycles. The van der Waals surface area contributed by atoms with Gasteiger partial charge >= 0.3 is 12.1 Å². The van der Waals surface area contributed by atoms with Gasteiger partial charge in [-0.05, 0) is 37.3 Å². The number of fused-ring (bicyclic) bond motifs is 1. The van der Waals surface area contributed by atoms with Gasteiger partial charge in [0.25, 0.3) is 5.91 Å². The summed E-state index contributed by atoms with van der Waals surface area (Å²) < 4.78 is 62.4. The van der Waals surface area contributed by atoms with Crippen LogP contribution in [-0.2, 0) is 17.5 Å². The Morgan fingerprint density at radius 2 is 1.94 bits per heavy atom. The molecule has 3 rings (SSSR count). The van der Waals surface area contributed by atoms with E-state index in [4.69, 9.17) is 5.26 Å². The van der Waals surface area contributed by atoms with Crippen LogP contribution >= 0.6 is 0 Å². The van der Waals surface area contributed by atoms with Gasteiger partial charge in [-0.2, -0.15) is 32.3 Å². The molecule has 1 atom stereocenters. The predicted octanol–water partition coefficient (Wildman–Crippen LogP) is 4.17. The lowest BCUT2D eigenvalue weighted by Crippen LogP contribution is -2.44. The number of alkyl halides is 5. The molecule has 0 aliphatic carbocycles. The smallest absolute Gasteiger partial charge is 0.347 e. The first-order chi connectivity index (χ1) is 14.4. The maximum atomic E-state index is 12.8. The van der Waals surface area contributed by atoms with Crippen molar-refractivity contribution in [2.45, 2.75) is 38.5 Å². The van der Waals surface area contributed by atoms with E-state index in [-0.39, 0.29) is 6.54 Å². The van der Waals surface area contributed by atoms with Gasteiger partial charge in [0, 0.05) is 24.5 Å². The van der Waals surface area contributed by atoms with Crippen LogP contribution in [0.1, 0.15) is 25.1 Å². The van der Waals surface area contributed by atoms with Crippen LogP contribution in [0, 0.1) is 11.3 Å². The summed E-state index contributed by atoms with van der Waals surface area (Å²) in [7, 11) is 0. The Morgan fingerprint density at radius 1 is 1.23 bits per heavy atom. The molecule has 2 heterocycles. The molecule has 0 saturated heterocycles. The highest BCUT2D eigenvalue weighted by Crippen LogP contribution is 2.26. The van der Waals surface area contributed by atoms with Crippen molar-refractivity contribution >= 4 is 16.8 Å². The lowest BCUT2D eigenvalue weighted by Gasteiger charge is -2.17. The number of hydrogen-bond acceptors (Lipinski definition) is 4. The average Bonchev–Trinajstić information content (AvgIpc) is 3.09. The Hall–Kier alpha value is -3.55. The van der Waals surface area contributed by atoms with E-state index in [2.05, 4.69) is 15.4 Å². The second-order valence-corrected chi connectivity index (χ2v) is 6.69. The third kappa shape index (κ3) is 6.74. The standard InChI is InChI=1S/C14H14F2N4O.C6H4F3N/c1-9(19-13(21)14(2,15)16)8-20-12-4-3-10(6-17)5-11(12)7-18-20;7-6(8,9)5-3-1-2-4-10-5/h3-5,7,9H,8H2,1-2H3,(H,19,21);1-4H. The average molecular weight is 439 g/mol. The first-order valence-corrected chi connectivity index (χ1v) is 8.94. The molecule has 1 aromatic carbocycles. The van der Waals surface area contributed by atoms with Gasteiger partial charge in [0.15, 0.2) is 0 Å². The summed E-state index contributed by atoms with van der Waals surface area (Å²) in [6, 6.07) is 10.3. The molecule has 0 aliphatic rings. The maximum Gasteiger partial charge on any atom is 0.433 e. The van der Waals surface area contributed by atoms with Crippen molar-refractivity contribution < 1.29 is 26.7 Å². The zero-order valence-corrected chi connectivity index (χ0v) is 16.5. The van der Waals surface area contributed by atoms with Gasteiger partial charge < -0.3 is 5.32 Å². The Labute approximate surface area is 174 Å². The van der Waals surface area contributed by atoms with Gasteiger partial charge in [-0.3, -0.25) is 14.5 Å². The first kappa shape index (κ1) is 23.7. The Morgan fingerprint density at radius 3 is 2.45 bits per heavy atom. The van der Waals surface area contributed by atoms with E-state index in [0.29, 0.717) is 12.5 Å². The van der Waals surface area contributed by atoms with Crippen LogP contribution in [0.15, 0.2) is 48.8 Å². The zero-order valence-electron chi connectivity index (χ0n) is 16.5. The molecule has 6 nitrogen and oxygen atoms in total. The van der Waals surface area contributed by atoms with E-state index >= 15 is 0 Å². The molecule has 3 aromatic rings. The molecule has 1 unspecified atom stereocenters. The third-order valence-corrected chi connectivity index (χ3v) is 3.95. The summed E-state index contributed by atoms with van der Waals surface area (Å²) in [5.41, 5.74) is 0.447. The fourth-order valence-electron chi connectivity index (χ4n) is 2.49. The lowest BCUT2D eigenvalue weighted by molar-refractivity contribution is -0.143. The van der Waals surface area contributed by atoms with Crippen LogP contribution < -0.4 is 5.32 Å². The van der Waals surface area contributed by atoms with E-state index in [9.17, 15) is 26.7 Å². The van der Waals surface area contributed by atoms with Crippen molar-refractivity contribution in [1.82, 2.24) is 20.1 Å². The number of halogens is 5. The fourth-order valence-corrected chi connectivity index (χ4v) is 2.49. The SMILES string of the molecule is CC(Cn1ncc2cc(C#N)ccc21)NC(=O)C(C)(F)F.FC(F)(F)c1ccccn1. The highest BCUT2D eigenvalue weighted by Gasteiger charge is 2.33. The van der Waals surface area contributed by atoms with E-state index in [1.165, 1.54) is 12.1 Å². The summed E-state index contributed by atoms with van der Waals surface area (Å²) in [4.78, 5) is 14.3. The van der Waals surface area contributed by atoms with Crippen molar-refractivity contribution in [2.24, 2.45) is 0 Å². The molecule has 1 N–H and O–H groups in total. The second kappa shape index (κ2) is 9.51. The van der Waals surface area contributed by atoms with Crippen molar-refractivity contribution in [2.75, 3.05) is 0 Å². The number of carbonyl (C=O) groups is 1. The summed E-state index contributed by atoms with van der Waals surface area (Å²) in [5, 5.41) is 16.0. The molecule has 0 spiro atoms. The number of nitrogens with zero attached hydrogens (tertiary/aromatic N) is 4. The minimum atomic E-state index is -4.32. The topological polar surface area (TPSA) is 83.6 Å². The van der Waals surface area contributed by atoms with Crippen LogP contribution in [0.2, 0.25) is 0 Å². The van der Waals surface area contributed by atoms with Gasteiger partial charge in [0.1, 0.15) is 5.69 Å². The number of nitrogens with one attached hydrogen (secondary N) is 1. The number of amides is 1. The van der Waals surface area contributed by atoms with Crippen molar-refractivity contribution in [3.05, 3.63) is 60.0 Å². The van der Waals surface area contributed by atoms with Crippen LogP contribution in [0.4, 0.5) is 22.0 Å². The lowest BCUT2D eigenvalue weighted by atomic mass is 10.2. The van der Waals surface area contributed by atoms with E-state index in [1.807, 2.05) is 6.07 Å². The molecule has 0 radical (unpaired) electrons. The number of benzene rings is 1.